The van der Waals surface area contributed by atoms with Gasteiger partial charge in [0, 0.05) is 13.1 Å². The molecule has 0 radical (unpaired) electrons. The molecule has 7 nitrogen and oxygen atoms in total. The number of nitrogens with zero attached hydrogens (tertiary/aromatic N) is 2. The second-order valence-electron chi connectivity index (χ2n) is 9.81. The summed E-state index contributed by atoms with van der Waals surface area (Å²) in [6.45, 7) is 7.60. The van der Waals surface area contributed by atoms with Crippen LogP contribution >= 0.6 is 0 Å². The molecular formula is C31H38FN3O4S. The molecule has 0 saturated heterocycles. The third kappa shape index (κ3) is 7.69. The van der Waals surface area contributed by atoms with Crippen LogP contribution in [-0.2, 0) is 26.2 Å². The summed E-state index contributed by atoms with van der Waals surface area (Å²) in [6, 6.07) is 18.0. The number of anilines is 1. The first-order chi connectivity index (χ1) is 19.1. The summed E-state index contributed by atoms with van der Waals surface area (Å²) in [5.74, 6) is -1.27. The van der Waals surface area contributed by atoms with Crippen molar-refractivity contribution in [3.63, 3.8) is 0 Å². The largest absolute Gasteiger partial charge is 0.354 e. The van der Waals surface area contributed by atoms with Gasteiger partial charge >= 0.3 is 0 Å². The topological polar surface area (TPSA) is 86.8 Å². The normalized spacial score (nSPS) is 12.0. The number of rotatable bonds is 13. The molecule has 0 fully saturated rings. The van der Waals surface area contributed by atoms with Gasteiger partial charge in [0.2, 0.25) is 11.8 Å². The highest BCUT2D eigenvalue weighted by Crippen LogP contribution is 2.26. The van der Waals surface area contributed by atoms with Crippen molar-refractivity contribution in [1.82, 2.24) is 10.2 Å². The summed E-state index contributed by atoms with van der Waals surface area (Å²) < 4.78 is 42.4. The number of hydrogen-bond donors (Lipinski definition) is 1. The van der Waals surface area contributed by atoms with Crippen molar-refractivity contribution in [2.24, 2.45) is 0 Å². The molecule has 40 heavy (non-hydrogen) atoms. The van der Waals surface area contributed by atoms with E-state index in [4.69, 9.17) is 0 Å². The number of sulfonamides is 1. The van der Waals surface area contributed by atoms with Crippen LogP contribution in [0.2, 0.25) is 0 Å². The molecule has 3 rings (SSSR count). The van der Waals surface area contributed by atoms with E-state index < -0.39 is 34.3 Å². The van der Waals surface area contributed by atoms with Crippen LogP contribution in [0.5, 0.6) is 0 Å². The second-order valence-corrected chi connectivity index (χ2v) is 11.7. The van der Waals surface area contributed by atoms with Crippen molar-refractivity contribution in [1.29, 1.82) is 0 Å². The van der Waals surface area contributed by atoms with Crippen LogP contribution in [0.4, 0.5) is 10.1 Å². The molecule has 0 unspecified atom stereocenters. The molecule has 0 aliphatic rings. The quantitative estimate of drug-likeness (QED) is 0.282. The molecule has 1 N–H and O–H groups in total. The average Bonchev–Trinajstić information content (AvgIpc) is 2.94. The van der Waals surface area contributed by atoms with Gasteiger partial charge in [0.15, 0.2) is 0 Å². The number of carbonyl (C=O) groups excluding carboxylic acids is 2. The molecule has 2 amide bonds. The molecule has 0 spiro atoms. The smallest absolute Gasteiger partial charge is 0.264 e. The molecule has 214 valence electrons. The molecule has 9 heteroatoms. The van der Waals surface area contributed by atoms with Crippen molar-refractivity contribution in [3.8, 4) is 0 Å². The molecule has 0 aromatic heterocycles. The van der Waals surface area contributed by atoms with E-state index in [9.17, 15) is 22.4 Å². The zero-order chi connectivity index (χ0) is 29.3. The Morgan fingerprint density at radius 2 is 1.60 bits per heavy atom. The van der Waals surface area contributed by atoms with Crippen LogP contribution < -0.4 is 9.62 Å². The highest BCUT2D eigenvalue weighted by atomic mass is 32.2. The summed E-state index contributed by atoms with van der Waals surface area (Å²) >= 11 is 0. The number of carbonyl (C=O) groups is 2. The standard InChI is InChI=1S/C31H38FN3O4S/c1-5-7-19-33-31(37)29(6-2)34(21-25-14-16-26(32)17-15-25)30(36)22-35(27-18-13-23(3)24(4)20-27)40(38,39)28-11-9-8-10-12-28/h8-18,20,29H,5-7,19,21-22H2,1-4H3,(H,33,37)/t29-/m1/s1. The predicted molar refractivity (Wildman–Crippen MR) is 156 cm³/mol. The van der Waals surface area contributed by atoms with E-state index in [1.54, 1.807) is 49.4 Å². The summed E-state index contributed by atoms with van der Waals surface area (Å²) in [4.78, 5) is 28.7. The summed E-state index contributed by atoms with van der Waals surface area (Å²) in [5, 5.41) is 2.89. The van der Waals surface area contributed by atoms with Gasteiger partial charge in [-0.25, -0.2) is 12.8 Å². The Morgan fingerprint density at radius 1 is 0.925 bits per heavy atom. The SMILES string of the molecule is CCCCNC(=O)[C@@H](CC)N(Cc1ccc(F)cc1)C(=O)CN(c1ccc(C)c(C)c1)S(=O)(=O)c1ccccc1. The maximum Gasteiger partial charge on any atom is 0.264 e. The van der Waals surface area contributed by atoms with Crippen molar-refractivity contribution in [3.05, 3.63) is 95.3 Å². The van der Waals surface area contributed by atoms with E-state index in [2.05, 4.69) is 5.32 Å². The third-order valence-corrected chi connectivity index (χ3v) is 8.66. The third-order valence-electron chi connectivity index (χ3n) is 6.87. The van der Waals surface area contributed by atoms with Crippen LogP contribution in [0.25, 0.3) is 0 Å². The van der Waals surface area contributed by atoms with Gasteiger partial charge in [0.1, 0.15) is 18.4 Å². The van der Waals surface area contributed by atoms with Gasteiger partial charge in [0.05, 0.1) is 10.6 Å². The first-order valence-corrected chi connectivity index (χ1v) is 15.0. The van der Waals surface area contributed by atoms with E-state index in [0.29, 0.717) is 24.2 Å². The number of halogens is 1. The molecule has 1 atom stereocenters. The first kappa shape index (κ1) is 30.8. The molecular weight excluding hydrogens is 529 g/mol. The Hall–Kier alpha value is -3.72. The van der Waals surface area contributed by atoms with Crippen LogP contribution in [0.3, 0.4) is 0 Å². The second kappa shape index (κ2) is 14.1. The van der Waals surface area contributed by atoms with Gasteiger partial charge < -0.3 is 10.2 Å². The fourth-order valence-corrected chi connectivity index (χ4v) is 5.77. The van der Waals surface area contributed by atoms with Crippen LogP contribution in [0, 0.1) is 19.7 Å². The average molecular weight is 568 g/mol. The maximum atomic E-state index is 14.0. The Balaban J connectivity index is 2.04. The maximum absolute atomic E-state index is 14.0. The number of benzene rings is 3. The number of amides is 2. The van der Waals surface area contributed by atoms with Crippen molar-refractivity contribution >= 4 is 27.5 Å². The lowest BCUT2D eigenvalue weighted by atomic mass is 10.1. The minimum Gasteiger partial charge on any atom is -0.354 e. The van der Waals surface area contributed by atoms with Crippen molar-refractivity contribution < 1.29 is 22.4 Å². The van der Waals surface area contributed by atoms with Gasteiger partial charge in [0.25, 0.3) is 10.0 Å². The van der Waals surface area contributed by atoms with E-state index in [0.717, 1.165) is 28.3 Å². The fourth-order valence-electron chi connectivity index (χ4n) is 4.34. The zero-order valence-corrected chi connectivity index (χ0v) is 24.4. The lowest BCUT2D eigenvalue weighted by Gasteiger charge is -2.33. The molecule has 0 saturated carbocycles. The highest BCUT2D eigenvalue weighted by Gasteiger charge is 2.33. The molecule has 0 heterocycles. The van der Waals surface area contributed by atoms with Crippen LogP contribution in [0.15, 0.2) is 77.7 Å². The lowest BCUT2D eigenvalue weighted by molar-refractivity contribution is -0.140. The van der Waals surface area contributed by atoms with Crippen molar-refractivity contribution in [2.45, 2.75) is 64.4 Å². The van der Waals surface area contributed by atoms with Gasteiger partial charge in [-0.2, -0.15) is 0 Å². The van der Waals surface area contributed by atoms with E-state index in [-0.39, 0.29) is 17.3 Å². The number of unbranched alkanes of at least 4 members (excludes halogenated alkanes) is 1. The Labute approximate surface area is 237 Å². The minimum atomic E-state index is -4.13. The van der Waals surface area contributed by atoms with E-state index >= 15 is 0 Å². The number of aryl methyl sites for hydroxylation is 2. The molecule has 3 aromatic carbocycles. The Morgan fingerprint density at radius 3 is 2.20 bits per heavy atom. The summed E-state index contributed by atoms with van der Waals surface area (Å²) in [5.41, 5.74) is 2.84. The van der Waals surface area contributed by atoms with Gasteiger partial charge in [-0.3, -0.25) is 13.9 Å². The molecule has 3 aromatic rings. The van der Waals surface area contributed by atoms with E-state index in [1.165, 1.54) is 29.2 Å². The zero-order valence-electron chi connectivity index (χ0n) is 23.6. The van der Waals surface area contributed by atoms with Gasteiger partial charge in [-0.1, -0.05) is 56.7 Å². The minimum absolute atomic E-state index is 0.0188. The van der Waals surface area contributed by atoms with Gasteiger partial charge in [-0.15, -0.1) is 0 Å². The number of hydrogen-bond acceptors (Lipinski definition) is 4. The summed E-state index contributed by atoms with van der Waals surface area (Å²) in [7, 11) is -4.13. The van der Waals surface area contributed by atoms with Crippen LogP contribution in [-0.4, -0.2) is 44.3 Å². The highest BCUT2D eigenvalue weighted by molar-refractivity contribution is 7.92. The monoisotopic (exact) mass is 567 g/mol. The van der Waals surface area contributed by atoms with E-state index in [1.807, 2.05) is 26.8 Å². The van der Waals surface area contributed by atoms with Crippen molar-refractivity contribution in [2.75, 3.05) is 17.4 Å². The van der Waals surface area contributed by atoms with Gasteiger partial charge in [-0.05, 0) is 79.8 Å². The van der Waals surface area contributed by atoms with Crippen LogP contribution in [0.1, 0.15) is 49.8 Å². The summed E-state index contributed by atoms with van der Waals surface area (Å²) in [6.07, 6.45) is 2.02. The number of nitrogens with one attached hydrogen (secondary N) is 1. The predicted octanol–water partition coefficient (Wildman–Crippen LogP) is 5.36. The first-order valence-electron chi connectivity index (χ1n) is 13.5. The molecule has 0 aliphatic heterocycles. The molecule has 0 bridgehead atoms. The fraction of sp³-hybridized carbons (Fsp3) is 0.355. The lowest BCUT2D eigenvalue weighted by Crippen LogP contribution is -2.52. The Kier molecular flexibility index (Phi) is 10.8. The Bertz CT molecular complexity index is 1400. The molecule has 0 aliphatic carbocycles.